The third-order valence-electron chi connectivity index (χ3n) is 5.23. The number of nitrogens with zero attached hydrogens (tertiary/aromatic N) is 1. The fraction of sp³-hybridized carbons (Fsp3) is 0.647. The van der Waals surface area contributed by atoms with Gasteiger partial charge in [-0.25, -0.2) is 21.6 Å². The Morgan fingerprint density at radius 1 is 1.11 bits per heavy atom. The van der Waals surface area contributed by atoms with E-state index in [1.165, 1.54) is 33.5 Å². The first-order valence-electron chi connectivity index (χ1n) is 9.38. The molecule has 2 aliphatic rings. The first kappa shape index (κ1) is 20.7. The third-order valence-corrected chi connectivity index (χ3v) is 8.58. The predicted molar refractivity (Wildman–Crippen MR) is 101 cm³/mol. The van der Waals surface area contributed by atoms with Gasteiger partial charge in [-0.2, -0.15) is 4.31 Å². The van der Waals surface area contributed by atoms with Crippen molar-refractivity contribution in [2.45, 2.75) is 35.7 Å². The number of ether oxygens (including phenoxy) is 1. The lowest BCUT2D eigenvalue weighted by Gasteiger charge is -2.30. The highest BCUT2D eigenvalue weighted by molar-refractivity contribution is 7.89. The quantitative estimate of drug-likeness (QED) is 0.595. The first-order chi connectivity index (χ1) is 12.8. The second kappa shape index (κ2) is 8.54. The van der Waals surface area contributed by atoms with Crippen molar-refractivity contribution in [3.63, 3.8) is 0 Å². The van der Waals surface area contributed by atoms with Gasteiger partial charge in [-0.05, 0) is 44.0 Å². The van der Waals surface area contributed by atoms with Gasteiger partial charge in [-0.15, -0.1) is 0 Å². The molecular formula is C17H28N3O5S2+. The van der Waals surface area contributed by atoms with Crippen molar-refractivity contribution in [3.8, 4) is 0 Å². The van der Waals surface area contributed by atoms with Gasteiger partial charge in [-0.1, -0.05) is 0 Å². The van der Waals surface area contributed by atoms with E-state index in [1.54, 1.807) is 0 Å². The highest BCUT2D eigenvalue weighted by Crippen LogP contribution is 2.19. The standard InChI is InChI=1S/C17H27N3O5S2/c1-2-19-9-11-20(12-10-19)27(23,24)17-7-5-16(6-8-17)26(21,22)18-14-15-4-3-13-25-15/h5-8,15,18H,2-4,9-14H2,1H3/p+1/t15-/m1/s1. The van der Waals surface area contributed by atoms with Gasteiger partial charge in [0.2, 0.25) is 20.0 Å². The number of rotatable bonds is 7. The van der Waals surface area contributed by atoms with Gasteiger partial charge in [0.15, 0.2) is 0 Å². The average Bonchev–Trinajstić information content (AvgIpc) is 3.20. The molecule has 10 heteroatoms. The largest absolute Gasteiger partial charge is 0.377 e. The number of hydrogen-bond acceptors (Lipinski definition) is 5. The molecule has 2 saturated heterocycles. The lowest BCUT2D eigenvalue weighted by atomic mass is 10.2. The summed E-state index contributed by atoms with van der Waals surface area (Å²) in [6.45, 7) is 6.50. The van der Waals surface area contributed by atoms with Crippen LogP contribution in [0.15, 0.2) is 34.1 Å². The van der Waals surface area contributed by atoms with E-state index in [4.69, 9.17) is 4.74 Å². The molecule has 1 atom stereocenters. The summed E-state index contributed by atoms with van der Waals surface area (Å²) in [7, 11) is -7.28. The van der Waals surface area contributed by atoms with E-state index in [0.29, 0.717) is 19.7 Å². The number of hydrogen-bond donors (Lipinski definition) is 2. The lowest BCUT2D eigenvalue weighted by Crippen LogP contribution is -3.14. The lowest BCUT2D eigenvalue weighted by molar-refractivity contribution is -0.901. The molecule has 3 rings (SSSR count). The Morgan fingerprint density at radius 3 is 2.30 bits per heavy atom. The van der Waals surface area contributed by atoms with Crippen molar-refractivity contribution in [2.75, 3.05) is 45.9 Å². The van der Waals surface area contributed by atoms with Crippen LogP contribution in [0.25, 0.3) is 0 Å². The molecule has 27 heavy (non-hydrogen) atoms. The third kappa shape index (κ3) is 4.87. The molecule has 2 heterocycles. The number of piperazine rings is 1. The maximum Gasteiger partial charge on any atom is 0.243 e. The molecule has 0 bridgehead atoms. The minimum atomic E-state index is -3.69. The van der Waals surface area contributed by atoms with Crippen molar-refractivity contribution < 1.29 is 26.5 Å². The maximum absolute atomic E-state index is 12.8. The topological polar surface area (TPSA) is 97.2 Å². The number of sulfonamides is 2. The van der Waals surface area contributed by atoms with Crippen LogP contribution in [0.5, 0.6) is 0 Å². The van der Waals surface area contributed by atoms with Crippen LogP contribution < -0.4 is 9.62 Å². The van der Waals surface area contributed by atoms with Gasteiger partial charge < -0.3 is 9.64 Å². The number of benzene rings is 1. The van der Waals surface area contributed by atoms with Gasteiger partial charge in [0.05, 0.1) is 48.6 Å². The number of likely N-dealkylation sites (N-methyl/N-ethyl adjacent to an activating group) is 1. The molecule has 0 spiro atoms. The summed E-state index contributed by atoms with van der Waals surface area (Å²) in [5, 5.41) is 0. The normalized spacial score (nSPS) is 22.9. The van der Waals surface area contributed by atoms with Crippen LogP contribution in [-0.4, -0.2) is 73.1 Å². The molecule has 2 fully saturated rings. The van der Waals surface area contributed by atoms with E-state index >= 15 is 0 Å². The van der Waals surface area contributed by atoms with Crippen LogP contribution in [0.3, 0.4) is 0 Å². The van der Waals surface area contributed by atoms with Gasteiger partial charge in [0, 0.05) is 13.2 Å². The average molecular weight is 419 g/mol. The molecule has 0 aromatic heterocycles. The Bertz CT molecular complexity index is 826. The summed E-state index contributed by atoms with van der Waals surface area (Å²) in [5.41, 5.74) is 0. The number of quaternary nitrogens is 1. The van der Waals surface area contributed by atoms with Crippen molar-refractivity contribution >= 4 is 20.0 Å². The van der Waals surface area contributed by atoms with Gasteiger partial charge >= 0.3 is 0 Å². The minimum absolute atomic E-state index is 0.0553. The fourth-order valence-corrected chi connectivity index (χ4v) is 5.94. The zero-order valence-corrected chi connectivity index (χ0v) is 17.2. The van der Waals surface area contributed by atoms with Crippen molar-refractivity contribution in [1.29, 1.82) is 0 Å². The maximum atomic E-state index is 12.8. The molecule has 0 amide bonds. The Labute approximate surface area is 161 Å². The summed E-state index contributed by atoms with van der Waals surface area (Å²) in [5.74, 6) is 0. The molecule has 0 radical (unpaired) electrons. The van der Waals surface area contributed by atoms with Crippen molar-refractivity contribution in [1.82, 2.24) is 9.03 Å². The van der Waals surface area contributed by atoms with E-state index in [-0.39, 0.29) is 22.4 Å². The number of nitrogens with one attached hydrogen (secondary N) is 2. The molecular weight excluding hydrogens is 390 g/mol. The fourth-order valence-electron chi connectivity index (χ4n) is 3.43. The minimum Gasteiger partial charge on any atom is -0.377 e. The van der Waals surface area contributed by atoms with Crippen LogP contribution in [0.1, 0.15) is 19.8 Å². The zero-order chi connectivity index (χ0) is 19.5. The Morgan fingerprint density at radius 2 is 1.74 bits per heavy atom. The molecule has 0 unspecified atom stereocenters. The van der Waals surface area contributed by atoms with E-state index in [0.717, 1.165) is 32.5 Å². The monoisotopic (exact) mass is 418 g/mol. The van der Waals surface area contributed by atoms with Crippen LogP contribution in [0.4, 0.5) is 0 Å². The molecule has 2 N–H and O–H groups in total. The van der Waals surface area contributed by atoms with Gasteiger partial charge in [0.25, 0.3) is 0 Å². The SMILES string of the molecule is CC[NH+]1CCN(S(=O)(=O)c2ccc(S(=O)(=O)NC[C@H]3CCCO3)cc2)CC1. The smallest absolute Gasteiger partial charge is 0.243 e. The van der Waals surface area contributed by atoms with E-state index < -0.39 is 20.0 Å². The predicted octanol–water partition coefficient (Wildman–Crippen LogP) is -0.947. The summed E-state index contributed by atoms with van der Waals surface area (Å²) < 4.78 is 59.8. The van der Waals surface area contributed by atoms with Crippen LogP contribution in [-0.2, 0) is 24.8 Å². The first-order valence-corrected chi connectivity index (χ1v) is 12.3. The Hall–Kier alpha value is -1.04. The van der Waals surface area contributed by atoms with Crippen LogP contribution >= 0.6 is 0 Å². The van der Waals surface area contributed by atoms with E-state index in [1.807, 2.05) is 0 Å². The van der Waals surface area contributed by atoms with Crippen molar-refractivity contribution in [3.05, 3.63) is 24.3 Å². The summed E-state index contributed by atoms with van der Waals surface area (Å²) >= 11 is 0. The molecule has 152 valence electrons. The molecule has 8 nitrogen and oxygen atoms in total. The molecule has 1 aromatic carbocycles. The Balaban J connectivity index is 1.66. The van der Waals surface area contributed by atoms with Crippen molar-refractivity contribution in [2.24, 2.45) is 0 Å². The van der Waals surface area contributed by atoms with Crippen LogP contribution in [0.2, 0.25) is 0 Å². The zero-order valence-electron chi connectivity index (χ0n) is 15.6. The molecule has 1 aromatic rings. The summed E-state index contributed by atoms with van der Waals surface area (Å²) in [6.07, 6.45) is 1.68. The van der Waals surface area contributed by atoms with E-state index in [2.05, 4.69) is 11.6 Å². The summed E-state index contributed by atoms with van der Waals surface area (Å²) in [6, 6.07) is 5.43. The second-order valence-corrected chi connectivity index (χ2v) is 10.7. The van der Waals surface area contributed by atoms with Crippen LogP contribution in [0, 0.1) is 0 Å². The second-order valence-electron chi connectivity index (χ2n) is 6.97. The molecule has 0 aliphatic carbocycles. The molecule has 0 saturated carbocycles. The van der Waals surface area contributed by atoms with Gasteiger partial charge in [-0.3, -0.25) is 0 Å². The highest BCUT2D eigenvalue weighted by atomic mass is 32.2. The Kier molecular flexibility index (Phi) is 6.54. The van der Waals surface area contributed by atoms with Gasteiger partial charge in [0.1, 0.15) is 0 Å². The summed E-state index contributed by atoms with van der Waals surface area (Å²) in [4.78, 5) is 1.57. The molecule has 2 aliphatic heterocycles. The highest BCUT2D eigenvalue weighted by Gasteiger charge is 2.30. The van der Waals surface area contributed by atoms with E-state index in [9.17, 15) is 16.8 Å².